The Morgan fingerprint density at radius 2 is 2.17 bits per heavy atom. The zero-order valence-electron chi connectivity index (χ0n) is 10.5. The first-order valence-electron chi connectivity index (χ1n) is 5.63. The lowest BCUT2D eigenvalue weighted by atomic mass is 10.0. The summed E-state index contributed by atoms with van der Waals surface area (Å²) in [5.41, 5.74) is 8.88. The molecule has 1 aromatic carbocycles. The predicted octanol–water partition coefficient (Wildman–Crippen LogP) is 3.78. The molecule has 0 bridgehead atoms. The van der Waals surface area contributed by atoms with E-state index in [0.29, 0.717) is 5.13 Å². The maximum atomic E-state index is 5.67. The largest absolute Gasteiger partial charge is 0.496 e. The van der Waals surface area contributed by atoms with E-state index in [-0.39, 0.29) is 12.4 Å². The van der Waals surface area contributed by atoms with Crippen molar-refractivity contribution in [2.24, 2.45) is 0 Å². The number of ether oxygens (including phenoxy) is 1. The van der Waals surface area contributed by atoms with E-state index >= 15 is 0 Å². The van der Waals surface area contributed by atoms with Gasteiger partial charge in [0.05, 0.1) is 12.8 Å². The van der Waals surface area contributed by atoms with E-state index in [0.717, 1.165) is 29.8 Å². The van der Waals surface area contributed by atoms with E-state index in [4.69, 9.17) is 10.5 Å². The lowest BCUT2D eigenvalue weighted by Gasteiger charge is -2.08. The van der Waals surface area contributed by atoms with E-state index in [1.54, 1.807) is 7.11 Å². The Hall–Kier alpha value is -1.26. The van der Waals surface area contributed by atoms with E-state index in [2.05, 4.69) is 24.0 Å². The molecule has 0 aliphatic heterocycles. The Labute approximate surface area is 117 Å². The fraction of sp³-hybridized carbons (Fsp3) is 0.308. The van der Waals surface area contributed by atoms with Crippen LogP contribution in [0.15, 0.2) is 23.6 Å². The summed E-state index contributed by atoms with van der Waals surface area (Å²) in [6, 6.07) is 6.23. The number of hydrogen-bond acceptors (Lipinski definition) is 4. The highest BCUT2D eigenvalue weighted by atomic mass is 35.5. The molecular weight excluding hydrogens is 268 g/mol. The van der Waals surface area contributed by atoms with Gasteiger partial charge in [-0.15, -0.1) is 23.7 Å². The Morgan fingerprint density at radius 1 is 1.39 bits per heavy atom. The van der Waals surface area contributed by atoms with Gasteiger partial charge in [0.1, 0.15) is 5.75 Å². The number of halogens is 1. The standard InChI is InChI=1S/C13H16N2OS.ClH/c1-3-4-9-5-6-12(16-2)10(7-9)11-8-17-13(14)15-11;/h5-8H,3-4H2,1-2H3,(H2,14,15);1H. The summed E-state index contributed by atoms with van der Waals surface area (Å²) in [6.45, 7) is 2.17. The molecular formula is C13H17ClN2OS. The van der Waals surface area contributed by atoms with Gasteiger partial charge < -0.3 is 10.5 Å². The van der Waals surface area contributed by atoms with Crippen LogP contribution in [-0.2, 0) is 6.42 Å². The monoisotopic (exact) mass is 284 g/mol. The Bertz CT molecular complexity index is 513. The minimum atomic E-state index is 0. The van der Waals surface area contributed by atoms with Gasteiger partial charge in [-0.3, -0.25) is 0 Å². The molecule has 1 aromatic heterocycles. The highest BCUT2D eigenvalue weighted by molar-refractivity contribution is 7.13. The number of nitrogen functional groups attached to an aromatic ring is 1. The highest BCUT2D eigenvalue weighted by Gasteiger charge is 2.09. The molecule has 0 saturated carbocycles. The van der Waals surface area contributed by atoms with E-state index in [1.807, 2.05) is 11.4 Å². The van der Waals surface area contributed by atoms with Gasteiger partial charge in [-0.1, -0.05) is 19.4 Å². The van der Waals surface area contributed by atoms with Crippen molar-refractivity contribution in [1.82, 2.24) is 4.98 Å². The van der Waals surface area contributed by atoms with Crippen molar-refractivity contribution in [3.8, 4) is 17.0 Å². The number of rotatable bonds is 4. The van der Waals surface area contributed by atoms with Gasteiger partial charge in [0.2, 0.25) is 0 Å². The fourth-order valence-electron chi connectivity index (χ4n) is 1.81. The predicted molar refractivity (Wildman–Crippen MR) is 79.8 cm³/mol. The normalized spacial score (nSPS) is 9.89. The van der Waals surface area contributed by atoms with Gasteiger partial charge in [-0.2, -0.15) is 0 Å². The zero-order chi connectivity index (χ0) is 12.3. The number of aryl methyl sites for hydroxylation is 1. The van der Waals surface area contributed by atoms with Crippen LogP contribution in [-0.4, -0.2) is 12.1 Å². The number of thiazole rings is 1. The van der Waals surface area contributed by atoms with Crippen LogP contribution < -0.4 is 10.5 Å². The van der Waals surface area contributed by atoms with Gasteiger partial charge in [0.15, 0.2) is 5.13 Å². The first kappa shape index (κ1) is 14.8. The number of nitrogens with two attached hydrogens (primary N) is 1. The molecule has 2 rings (SSSR count). The van der Waals surface area contributed by atoms with Gasteiger partial charge in [-0.05, 0) is 24.1 Å². The Balaban J connectivity index is 0.00000162. The lowest BCUT2D eigenvalue weighted by molar-refractivity contribution is 0.416. The maximum Gasteiger partial charge on any atom is 0.180 e. The topological polar surface area (TPSA) is 48.1 Å². The number of hydrogen-bond donors (Lipinski definition) is 1. The van der Waals surface area contributed by atoms with E-state index in [9.17, 15) is 0 Å². The molecule has 0 spiro atoms. The Kier molecular flexibility index (Phi) is 5.44. The van der Waals surface area contributed by atoms with Crippen LogP contribution >= 0.6 is 23.7 Å². The average Bonchev–Trinajstić information content (AvgIpc) is 2.76. The lowest BCUT2D eigenvalue weighted by Crippen LogP contribution is -1.92. The number of nitrogens with zero attached hydrogens (tertiary/aromatic N) is 1. The summed E-state index contributed by atoms with van der Waals surface area (Å²) >= 11 is 1.45. The van der Waals surface area contributed by atoms with Crippen LogP contribution in [0, 0.1) is 0 Å². The van der Waals surface area contributed by atoms with Crippen molar-refractivity contribution < 1.29 is 4.74 Å². The van der Waals surface area contributed by atoms with Gasteiger partial charge in [-0.25, -0.2) is 4.98 Å². The minimum absolute atomic E-state index is 0. The SMILES string of the molecule is CCCc1ccc(OC)c(-c2csc(N)n2)c1.Cl. The van der Waals surface area contributed by atoms with Crippen molar-refractivity contribution in [3.63, 3.8) is 0 Å². The van der Waals surface area contributed by atoms with Gasteiger partial charge in [0, 0.05) is 10.9 Å². The molecule has 18 heavy (non-hydrogen) atoms. The van der Waals surface area contributed by atoms with Crippen molar-refractivity contribution in [1.29, 1.82) is 0 Å². The van der Waals surface area contributed by atoms with Crippen LogP contribution in [0.3, 0.4) is 0 Å². The summed E-state index contributed by atoms with van der Waals surface area (Å²) < 4.78 is 5.37. The molecule has 0 amide bonds. The van der Waals surface area contributed by atoms with Gasteiger partial charge in [0.25, 0.3) is 0 Å². The molecule has 0 saturated heterocycles. The summed E-state index contributed by atoms with van der Waals surface area (Å²) in [6.07, 6.45) is 2.20. The summed E-state index contributed by atoms with van der Waals surface area (Å²) in [4.78, 5) is 4.31. The second kappa shape index (κ2) is 6.61. The summed E-state index contributed by atoms with van der Waals surface area (Å²) in [5, 5.41) is 2.55. The van der Waals surface area contributed by atoms with Crippen LogP contribution in [0.5, 0.6) is 5.75 Å². The highest BCUT2D eigenvalue weighted by Crippen LogP contribution is 2.32. The molecule has 5 heteroatoms. The molecule has 0 atom stereocenters. The quantitative estimate of drug-likeness (QED) is 0.929. The molecule has 3 nitrogen and oxygen atoms in total. The van der Waals surface area contributed by atoms with Crippen molar-refractivity contribution in [3.05, 3.63) is 29.1 Å². The first-order valence-corrected chi connectivity index (χ1v) is 6.51. The number of aromatic nitrogens is 1. The molecule has 2 aromatic rings. The third-order valence-electron chi connectivity index (χ3n) is 2.60. The minimum Gasteiger partial charge on any atom is -0.496 e. The van der Waals surface area contributed by atoms with E-state index < -0.39 is 0 Å². The molecule has 1 heterocycles. The smallest absolute Gasteiger partial charge is 0.180 e. The van der Waals surface area contributed by atoms with Crippen LogP contribution in [0.25, 0.3) is 11.3 Å². The third kappa shape index (κ3) is 3.15. The van der Waals surface area contributed by atoms with Crippen LogP contribution in [0.1, 0.15) is 18.9 Å². The van der Waals surface area contributed by atoms with Crippen LogP contribution in [0.2, 0.25) is 0 Å². The van der Waals surface area contributed by atoms with Gasteiger partial charge >= 0.3 is 0 Å². The maximum absolute atomic E-state index is 5.67. The molecule has 0 fully saturated rings. The second-order valence-corrected chi connectivity index (χ2v) is 4.75. The average molecular weight is 285 g/mol. The molecule has 98 valence electrons. The Morgan fingerprint density at radius 3 is 2.72 bits per heavy atom. The molecule has 2 N–H and O–H groups in total. The molecule has 0 unspecified atom stereocenters. The summed E-state index contributed by atoms with van der Waals surface area (Å²) in [7, 11) is 1.67. The first-order chi connectivity index (χ1) is 8.24. The van der Waals surface area contributed by atoms with Crippen molar-refractivity contribution in [2.75, 3.05) is 12.8 Å². The number of methoxy groups -OCH3 is 1. The third-order valence-corrected chi connectivity index (χ3v) is 3.27. The molecule has 0 aliphatic rings. The molecule has 0 radical (unpaired) electrons. The number of anilines is 1. The second-order valence-electron chi connectivity index (χ2n) is 3.86. The number of benzene rings is 1. The zero-order valence-corrected chi connectivity index (χ0v) is 12.1. The van der Waals surface area contributed by atoms with Crippen molar-refractivity contribution in [2.45, 2.75) is 19.8 Å². The van der Waals surface area contributed by atoms with Crippen LogP contribution in [0.4, 0.5) is 5.13 Å². The van der Waals surface area contributed by atoms with E-state index in [1.165, 1.54) is 16.9 Å². The fourth-order valence-corrected chi connectivity index (χ4v) is 2.37. The summed E-state index contributed by atoms with van der Waals surface area (Å²) in [5.74, 6) is 0.843. The van der Waals surface area contributed by atoms with Crippen molar-refractivity contribution >= 4 is 28.9 Å². The molecule has 0 aliphatic carbocycles.